The Labute approximate surface area is 155 Å². The SMILES string of the molecule is CC1COCCN1c1nn(-c2ccc(Cl)cc2)c2cnccc12.O=C=O. The van der Waals surface area contributed by atoms with Crippen LogP contribution in [0.3, 0.4) is 0 Å². The van der Waals surface area contributed by atoms with Gasteiger partial charge in [-0.2, -0.15) is 9.59 Å². The molecule has 0 amide bonds. The molecular weight excluding hydrogens is 356 g/mol. The van der Waals surface area contributed by atoms with Crippen LogP contribution in [0.2, 0.25) is 5.02 Å². The first kappa shape index (κ1) is 18.1. The zero-order valence-corrected chi connectivity index (χ0v) is 14.9. The van der Waals surface area contributed by atoms with E-state index in [1.807, 2.05) is 47.4 Å². The summed E-state index contributed by atoms with van der Waals surface area (Å²) in [5.74, 6) is 0.980. The van der Waals surface area contributed by atoms with Crippen LogP contribution >= 0.6 is 11.6 Å². The summed E-state index contributed by atoms with van der Waals surface area (Å²) >= 11 is 6.00. The van der Waals surface area contributed by atoms with Gasteiger partial charge in [0.05, 0.1) is 36.7 Å². The maximum absolute atomic E-state index is 8.12. The summed E-state index contributed by atoms with van der Waals surface area (Å²) in [6.07, 6.45) is 3.91. The molecule has 0 radical (unpaired) electrons. The zero-order chi connectivity index (χ0) is 18.5. The first-order valence-corrected chi connectivity index (χ1v) is 8.46. The highest BCUT2D eigenvalue weighted by atomic mass is 35.5. The summed E-state index contributed by atoms with van der Waals surface area (Å²) in [5, 5.41) is 6.68. The molecule has 1 aromatic carbocycles. The van der Waals surface area contributed by atoms with Crippen molar-refractivity contribution in [3.63, 3.8) is 0 Å². The quantitative estimate of drug-likeness (QED) is 0.688. The van der Waals surface area contributed by atoms with E-state index >= 15 is 0 Å². The summed E-state index contributed by atoms with van der Waals surface area (Å²) in [6.45, 7) is 4.45. The Hall–Kier alpha value is -2.73. The Morgan fingerprint density at radius 3 is 2.65 bits per heavy atom. The molecular formula is C18H17ClN4O3. The summed E-state index contributed by atoms with van der Waals surface area (Å²) in [4.78, 5) is 22.8. The lowest BCUT2D eigenvalue weighted by atomic mass is 10.2. The largest absolute Gasteiger partial charge is 0.377 e. The van der Waals surface area contributed by atoms with Crippen molar-refractivity contribution < 1.29 is 14.3 Å². The number of hydrogen-bond donors (Lipinski definition) is 0. The molecule has 134 valence electrons. The minimum absolute atomic E-state index is 0.250. The molecule has 8 heteroatoms. The van der Waals surface area contributed by atoms with E-state index < -0.39 is 0 Å². The number of pyridine rings is 1. The molecule has 1 saturated heterocycles. The minimum Gasteiger partial charge on any atom is -0.377 e. The highest BCUT2D eigenvalue weighted by Gasteiger charge is 2.24. The lowest BCUT2D eigenvalue weighted by Crippen LogP contribution is -2.44. The van der Waals surface area contributed by atoms with Crippen molar-refractivity contribution in [2.24, 2.45) is 0 Å². The lowest BCUT2D eigenvalue weighted by molar-refractivity contribution is -0.191. The van der Waals surface area contributed by atoms with E-state index in [0.717, 1.165) is 42.2 Å². The minimum atomic E-state index is 0.250. The smallest absolute Gasteiger partial charge is 0.373 e. The van der Waals surface area contributed by atoms with E-state index in [1.165, 1.54) is 0 Å². The molecule has 1 unspecified atom stereocenters. The third-order valence-electron chi connectivity index (χ3n) is 4.17. The van der Waals surface area contributed by atoms with Crippen molar-refractivity contribution in [2.45, 2.75) is 13.0 Å². The molecule has 7 nitrogen and oxygen atoms in total. The third-order valence-corrected chi connectivity index (χ3v) is 4.43. The van der Waals surface area contributed by atoms with Crippen LogP contribution in [0.5, 0.6) is 0 Å². The van der Waals surface area contributed by atoms with Crippen molar-refractivity contribution in [1.82, 2.24) is 14.8 Å². The van der Waals surface area contributed by atoms with E-state index in [-0.39, 0.29) is 6.15 Å². The molecule has 0 saturated carbocycles. The third kappa shape index (κ3) is 3.60. The second kappa shape index (κ2) is 8.10. The first-order valence-electron chi connectivity index (χ1n) is 8.08. The molecule has 1 aliphatic heterocycles. The zero-order valence-electron chi connectivity index (χ0n) is 14.1. The fraction of sp³-hybridized carbons (Fsp3) is 0.278. The van der Waals surface area contributed by atoms with E-state index in [9.17, 15) is 0 Å². The molecule has 4 rings (SSSR count). The number of nitrogens with zero attached hydrogens (tertiary/aromatic N) is 4. The van der Waals surface area contributed by atoms with Crippen LogP contribution in [0.4, 0.5) is 5.82 Å². The monoisotopic (exact) mass is 372 g/mol. The maximum Gasteiger partial charge on any atom is 0.373 e. The van der Waals surface area contributed by atoms with Crippen molar-refractivity contribution in [3.8, 4) is 5.69 Å². The summed E-state index contributed by atoms with van der Waals surface area (Å²) < 4.78 is 7.47. The Morgan fingerprint density at radius 1 is 1.23 bits per heavy atom. The highest BCUT2D eigenvalue weighted by molar-refractivity contribution is 6.30. The van der Waals surface area contributed by atoms with Crippen LogP contribution in [0.25, 0.3) is 16.6 Å². The van der Waals surface area contributed by atoms with Gasteiger partial charge in [-0.15, -0.1) is 5.10 Å². The van der Waals surface area contributed by atoms with Gasteiger partial charge in [0.2, 0.25) is 0 Å². The Bertz CT molecular complexity index is 920. The number of anilines is 1. The second-order valence-electron chi connectivity index (χ2n) is 5.81. The van der Waals surface area contributed by atoms with Crippen molar-refractivity contribution >= 4 is 34.5 Å². The summed E-state index contributed by atoms with van der Waals surface area (Å²) in [5.41, 5.74) is 1.96. The fourth-order valence-corrected chi connectivity index (χ4v) is 3.11. The number of carbonyl (C=O) groups excluding carboxylic acids is 2. The van der Waals surface area contributed by atoms with Gasteiger partial charge in [-0.05, 0) is 37.3 Å². The Balaban J connectivity index is 0.000000613. The number of hydrogen-bond acceptors (Lipinski definition) is 6. The van der Waals surface area contributed by atoms with Gasteiger partial charge in [-0.3, -0.25) is 4.98 Å². The maximum atomic E-state index is 8.12. The molecule has 0 bridgehead atoms. The number of morpholine rings is 1. The summed E-state index contributed by atoms with van der Waals surface area (Å²) in [7, 11) is 0. The Morgan fingerprint density at radius 2 is 1.96 bits per heavy atom. The number of aromatic nitrogens is 3. The molecule has 1 fully saturated rings. The van der Waals surface area contributed by atoms with Gasteiger partial charge in [0.1, 0.15) is 0 Å². The van der Waals surface area contributed by atoms with Gasteiger partial charge >= 0.3 is 6.15 Å². The van der Waals surface area contributed by atoms with E-state index in [1.54, 1.807) is 0 Å². The first-order chi connectivity index (χ1) is 12.7. The lowest BCUT2D eigenvalue weighted by Gasteiger charge is -2.33. The second-order valence-corrected chi connectivity index (χ2v) is 6.24. The van der Waals surface area contributed by atoms with E-state index in [2.05, 4.69) is 16.8 Å². The molecule has 3 heterocycles. The van der Waals surface area contributed by atoms with Crippen molar-refractivity contribution in [2.75, 3.05) is 24.7 Å². The molecule has 0 aliphatic carbocycles. The van der Waals surface area contributed by atoms with Crippen molar-refractivity contribution in [1.29, 1.82) is 0 Å². The highest BCUT2D eigenvalue weighted by Crippen LogP contribution is 2.30. The van der Waals surface area contributed by atoms with Gasteiger partial charge < -0.3 is 9.64 Å². The van der Waals surface area contributed by atoms with Gasteiger partial charge in [-0.1, -0.05) is 11.6 Å². The molecule has 1 aliphatic rings. The van der Waals surface area contributed by atoms with Crippen LogP contribution in [0.15, 0.2) is 42.7 Å². The van der Waals surface area contributed by atoms with E-state index in [4.69, 9.17) is 31.0 Å². The van der Waals surface area contributed by atoms with Gasteiger partial charge in [0.25, 0.3) is 0 Å². The number of rotatable bonds is 2. The van der Waals surface area contributed by atoms with Crippen molar-refractivity contribution in [3.05, 3.63) is 47.7 Å². The number of ether oxygens (including phenoxy) is 1. The summed E-state index contributed by atoms with van der Waals surface area (Å²) in [6, 6.07) is 10.00. The van der Waals surface area contributed by atoms with Gasteiger partial charge in [-0.25, -0.2) is 4.68 Å². The average molecular weight is 373 g/mol. The van der Waals surface area contributed by atoms with Crippen LogP contribution in [0.1, 0.15) is 6.92 Å². The number of benzene rings is 1. The molecule has 26 heavy (non-hydrogen) atoms. The molecule has 1 atom stereocenters. The topological polar surface area (TPSA) is 77.3 Å². The Kier molecular flexibility index (Phi) is 5.63. The predicted molar refractivity (Wildman–Crippen MR) is 96.5 cm³/mol. The number of fused-ring (bicyclic) bond motifs is 1. The molecule has 3 aromatic rings. The van der Waals surface area contributed by atoms with Gasteiger partial charge in [0.15, 0.2) is 5.82 Å². The predicted octanol–water partition coefficient (Wildman–Crippen LogP) is 2.72. The van der Waals surface area contributed by atoms with E-state index in [0.29, 0.717) is 11.1 Å². The van der Waals surface area contributed by atoms with Crippen LogP contribution in [-0.4, -0.2) is 46.7 Å². The van der Waals surface area contributed by atoms with Crippen LogP contribution < -0.4 is 4.90 Å². The standard InChI is InChI=1S/C17H17ClN4O.CO2/c1-12-11-23-9-8-21(12)17-15-6-7-19-10-16(15)22(20-17)14-4-2-13(18)3-5-14;2-1-3/h2-7,10,12H,8-9,11H2,1H3;. The molecule has 0 N–H and O–H groups in total. The average Bonchev–Trinajstić information content (AvgIpc) is 3.03. The normalized spacial score (nSPS) is 16.7. The van der Waals surface area contributed by atoms with Gasteiger partial charge in [0, 0.05) is 23.2 Å². The molecule has 0 spiro atoms. The molecule has 2 aromatic heterocycles. The van der Waals surface area contributed by atoms with Crippen LogP contribution in [-0.2, 0) is 14.3 Å². The number of halogens is 1. The van der Waals surface area contributed by atoms with Crippen LogP contribution in [0, 0.1) is 0 Å². The fourth-order valence-electron chi connectivity index (χ4n) is 2.98.